The van der Waals surface area contributed by atoms with Crippen LogP contribution in [0, 0.1) is 12.8 Å². The first-order chi connectivity index (χ1) is 8.63. The molecular weight excluding hydrogens is 230 g/mol. The lowest BCUT2D eigenvalue weighted by atomic mass is 10.3. The molecule has 0 saturated carbocycles. The highest BCUT2D eigenvalue weighted by molar-refractivity contribution is 5.92. The SMILES string of the molecule is C#C.CC(=O)C1=CCCN1C.CCCOCC=O. The van der Waals surface area contributed by atoms with E-state index in [0.29, 0.717) is 6.61 Å². The molecule has 102 valence electrons. The third kappa shape index (κ3) is 9.61. The predicted molar refractivity (Wildman–Crippen MR) is 73.1 cm³/mol. The molecule has 0 spiro atoms. The van der Waals surface area contributed by atoms with Gasteiger partial charge in [-0.25, -0.2) is 0 Å². The molecule has 1 aliphatic heterocycles. The van der Waals surface area contributed by atoms with Crippen LogP contribution < -0.4 is 0 Å². The Bertz CT molecular complexity index is 282. The van der Waals surface area contributed by atoms with Crippen LogP contribution in [0.15, 0.2) is 11.8 Å². The van der Waals surface area contributed by atoms with Crippen molar-refractivity contribution in [2.75, 3.05) is 26.8 Å². The molecule has 0 bridgehead atoms. The summed E-state index contributed by atoms with van der Waals surface area (Å²) in [4.78, 5) is 22.3. The number of Topliss-reactive ketones (excluding diaryl/α,β-unsaturated/α-hetero) is 1. The van der Waals surface area contributed by atoms with E-state index >= 15 is 0 Å². The van der Waals surface area contributed by atoms with E-state index in [4.69, 9.17) is 4.74 Å². The first-order valence-corrected chi connectivity index (χ1v) is 5.90. The Hall–Kier alpha value is -1.60. The van der Waals surface area contributed by atoms with E-state index in [1.54, 1.807) is 6.92 Å². The molecule has 4 heteroatoms. The van der Waals surface area contributed by atoms with Gasteiger partial charge >= 0.3 is 0 Å². The van der Waals surface area contributed by atoms with Crippen LogP contribution in [0.3, 0.4) is 0 Å². The van der Waals surface area contributed by atoms with Crippen molar-refractivity contribution in [1.29, 1.82) is 0 Å². The third-order valence-corrected chi connectivity index (χ3v) is 2.11. The molecule has 0 aliphatic carbocycles. The van der Waals surface area contributed by atoms with Crippen molar-refractivity contribution in [1.82, 2.24) is 4.90 Å². The van der Waals surface area contributed by atoms with Crippen LogP contribution in [0.5, 0.6) is 0 Å². The minimum atomic E-state index is 0.176. The molecule has 1 heterocycles. The van der Waals surface area contributed by atoms with Crippen molar-refractivity contribution in [3.05, 3.63) is 11.8 Å². The van der Waals surface area contributed by atoms with Gasteiger partial charge in [-0.3, -0.25) is 4.79 Å². The van der Waals surface area contributed by atoms with Crippen LogP contribution in [0.1, 0.15) is 26.7 Å². The summed E-state index contributed by atoms with van der Waals surface area (Å²) in [5.41, 5.74) is 0.870. The lowest BCUT2D eigenvalue weighted by Gasteiger charge is -2.12. The number of nitrogens with zero attached hydrogens (tertiary/aromatic N) is 1. The fourth-order valence-corrected chi connectivity index (χ4v) is 1.36. The van der Waals surface area contributed by atoms with Crippen molar-refractivity contribution in [3.8, 4) is 12.8 Å². The molecule has 4 nitrogen and oxygen atoms in total. The first-order valence-electron chi connectivity index (χ1n) is 5.90. The maximum absolute atomic E-state index is 10.7. The second-order valence-electron chi connectivity index (χ2n) is 3.60. The molecule has 0 aromatic carbocycles. The summed E-state index contributed by atoms with van der Waals surface area (Å²) in [6.45, 7) is 5.54. The van der Waals surface area contributed by atoms with Gasteiger partial charge in [0.2, 0.25) is 0 Å². The molecule has 0 saturated heterocycles. The summed E-state index contributed by atoms with van der Waals surface area (Å²) >= 11 is 0. The molecule has 0 amide bonds. The average molecular weight is 253 g/mol. The van der Waals surface area contributed by atoms with E-state index in [2.05, 4.69) is 12.8 Å². The Balaban J connectivity index is 0. The van der Waals surface area contributed by atoms with E-state index in [0.717, 1.165) is 31.4 Å². The maximum Gasteiger partial charge on any atom is 0.175 e. The molecule has 0 aromatic heterocycles. The molecule has 1 rings (SSSR count). The highest BCUT2D eigenvalue weighted by atomic mass is 16.5. The summed E-state index contributed by atoms with van der Waals surface area (Å²) < 4.78 is 4.76. The molecular formula is C14H23NO3. The Labute approximate surface area is 110 Å². The van der Waals surface area contributed by atoms with Gasteiger partial charge in [0.05, 0.1) is 5.70 Å². The van der Waals surface area contributed by atoms with Crippen LogP contribution in [-0.4, -0.2) is 43.8 Å². The Morgan fingerprint density at radius 1 is 1.56 bits per heavy atom. The van der Waals surface area contributed by atoms with Crippen molar-refractivity contribution < 1.29 is 14.3 Å². The van der Waals surface area contributed by atoms with Crippen LogP contribution in [0.4, 0.5) is 0 Å². The molecule has 0 N–H and O–H groups in total. The fraction of sp³-hybridized carbons (Fsp3) is 0.571. The lowest BCUT2D eigenvalue weighted by Crippen LogP contribution is -2.17. The molecule has 18 heavy (non-hydrogen) atoms. The van der Waals surface area contributed by atoms with Crippen LogP contribution in [-0.2, 0) is 14.3 Å². The zero-order valence-electron chi connectivity index (χ0n) is 11.5. The van der Waals surface area contributed by atoms with Gasteiger partial charge in [0, 0.05) is 27.1 Å². The molecule has 1 aliphatic rings. The average Bonchev–Trinajstić information content (AvgIpc) is 2.80. The van der Waals surface area contributed by atoms with Gasteiger partial charge in [0.15, 0.2) is 5.78 Å². The van der Waals surface area contributed by atoms with Crippen LogP contribution in [0.25, 0.3) is 0 Å². The van der Waals surface area contributed by atoms with Crippen molar-refractivity contribution in [3.63, 3.8) is 0 Å². The first kappa shape index (κ1) is 18.8. The second kappa shape index (κ2) is 13.5. The highest BCUT2D eigenvalue weighted by Crippen LogP contribution is 2.11. The number of hydrogen-bond donors (Lipinski definition) is 0. The second-order valence-corrected chi connectivity index (χ2v) is 3.60. The predicted octanol–water partition coefficient (Wildman–Crippen LogP) is 1.66. The van der Waals surface area contributed by atoms with Gasteiger partial charge in [-0.1, -0.05) is 13.0 Å². The maximum atomic E-state index is 10.7. The zero-order valence-corrected chi connectivity index (χ0v) is 11.5. The van der Waals surface area contributed by atoms with E-state index in [9.17, 15) is 9.59 Å². The van der Waals surface area contributed by atoms with E-state index in [1.165, 1.54) is 0 Å². The minimum Gasteiger partial charge on any atom is -0.374 e. The Kier molecular flexibility index (Phi) is 14.0. The van der Waals surface area contributed by atoms with Crippen LogP contribution >= 0.6 is 0 Å². The van der Waals surface area contributed by atoms with Gasteiger partial charge in [-0.15, -0.1) is 12.8 Å². The summed E-state index contributed by atoms with van der Waals surface area (Å²) in [6.07, 6.45) is 12.7. The number of terminal acetylenes is 1. The number of ketones is 1. The molecule has 0 aromatic rings. The molecule has 0 fully saturated rings. The van der Waals surface area contributed by atoms with Gasteiger partial charge < -0.3 is 14.4 Å². The molecule has 0 atom stereocenters. The lowest BCUT2D eigenvalue weighted by molar-refractivity contribution is -0.114. The number of likely N-dealkylation sites (N-methyl/N-ethyl adjacent to an activating group) is 1. The number of carbonyl (C=O) groups excluding carboxylic acids is 2. The number of rotatable bonds is 5. The summed E-state index contributed by atoms with van der Waals surface area (Å²) in [7, 11) is 1.94. The van der Waals surface area contributed by atoms with Gasteiger partial charge in [0.1, 0.15) is 12.9 Å². The largest absolute Gasteiger partial charge is 0.374 e. The number of aldehydes is 1. The minimum absolute atomic E-state index is 0.176. The Morgan fingerprint density at radius 3 is 2.44 bits per heavy atom. The zero-order chi connectivity index (χ0) is 14.4. The number of hydrogen-bond acceptors (Lipinski definition) is 4. The van der Waals surface area contributed by atoms with Gasteiger partial charge in [0.25, 0.3) is 0 Å². The van der Waals surface area contributed by atoms with Crippen molar-refractivity contribution >= 4 is 12.1 Å². The summed E-state index contributed by atoms with van der Waals surface area (Å²) in [5, 5.41) is 0. The smallest absolute Gasteiger partial charge is 0.175 e. The molecule has 0 radical (unpaired) electrons. The standard InChI is InChI=1S/C7H11NO.C5H10O2.C2H2/c1-6(9)7-4-3-5-8(7)2;1-2-4-7-5-3-6;1-2/h4H,3,5H2,1-2H3;3H,2,4-5H2,1H3;1-2H. The number of allylic oxidation sites excluding steroid dienone is 1. The van der Waals surface area contributed by atoms with E-state index in [1.807, 2.05) is 24.9 Å². The summed E-state index contributed by atoms with van der Waals surface area (Å²) in [6, 6.07) is 0. The van der Waals surface area contributed by atoms with Gasteiger partial charge in [-0.2, -0.15) is 0 Å². The topological polar surface area (TPSA) is 46.6 Å². The Morgan fingerprint density at radius 2 is 2.17 bits per heavy atom. The van der Waals surface area contributed by atoms with Crippen molar-refractivity contribution in [2.24, 2.45) is 0 Å². The normalized spacial score (nSPS) is 12.5. The number of ether oxygens (including phenoxy) is 1. The third-order valence-electron chi connectivity index (χ3n) is 2.11. The highest BCUT2D eigenvalue weighted by Gasteiger charge is 2.13. The van der Waals surface area contributed by atoms with Crippen LogP contribution in [0.2, 0.25) is 0 Å². The summed E-state index contributed by atoms with van der Waals surface area (Å²) in [5.74, 6) is 0.176. The fourth-order valence-electron chi connectivity index (χ4n) is 1.36. The quantitative estimate of drug-likeness (QED) is 0.425. The van der Waals surface area contributed by atoms with E-state index < -0.39 is 0 Å². The van der Waals surface area contributed by atoms with Crippen molar-refractivity contribution in [2.45, 2.75) is 26.7 Å². The molecule has 0 unspecified atom stereocenters. The van der Waals surface area contributed by atoms with E-state index in [-0.39, 0.29) is 12.4 Å². The number of carbonyl (C=O) groups is 2. The monoisotopic (exact) mass is 253 g/mol. The van der Waals surface area contributed by atoms with Gasteiger partial charge in [-0.05, 0) is 12.8 Å².